The molecule has 0 radical (unpaired) electrons. The van der Waals surface area contributed by atoms with Crippen LogP contribution in [0.15, 0.2) is 65.6 Å². The molecular formula is C33H31N3O9S. The molecule has 2 saturated carbocycles. The van der Waals surface area contributed by atoms with E-state index in [-0.39, 0.29) is 29.0 Å². The molecule has 2 unspecified atom stereocenters. The van der Waals surface area contributed by atoms with Crippen molar-refractivity contribution >= 4 is 50.4 Å². The number of carbonyl (C=O) groups excluding carboxylic acids is 5. The summed E-state index contributed by atoms with van der Waals surface area (Å²) in [6.45, 7) is 0. The van der Waals surface area contributed by atoms with E-state index in [1.807, 2.05) is 31.1 Å². The summed E-state index contributed by atoms with van der Waals surface area (Å²) in [5.41, 5.74) is 4.08. The normalized spacial score (nSPS) is 25.7. The molecule has 0 bridgehead atoms. The summed E-state index contributed by atoms with van der Waals surface area (Å²) in [4.78, 5) is 67.9. The highest BCUT2D eigenvalue weighted by Gasteiger charge is 2.66. The number of primary amides is 1. The van der Waals surface area contributed by atoms with E-state index in [9.17, 15) is 42.6 Å². The molecule has 3 aromatic carbocycles. The first-order valence-corrected chi connectivity index (χ1v) is 16.1. The molecule has 0 aromatic heterocycles. The number of phenolic OH excluding ortho intramolecular Hbond substituents is 1. The zero-order chi connectivity index (χ0) is 33.3. The van der Waals surface area contributed by atoms with Gasteiger partial charge in [-0.15, -0.1) is 0 Å². The van der Waals surface area contributed by atoms with E-state index in [1.54, 1.807) is 18.2 Å². The first-order valence-electron chi connectivity index (χ1n) is 14.6. The van der Waals surface area contributed by atoms with Crippen LogP contribution in [-0.4, -0.2) is 67.4 Å². The second-order valence-electron chi connectivity index (χ2n) is 12.3. The maximum Gasteiger partial charge on any atom is 0.262 e. The molecule has 5 atom stereocenters. The Morgan fingerprint density at radius 3 is 2.24 bits per heavy atom. The third-order valence-corrected chi connectivity index (χ3v) is 10.8. The Bertz CT molecular complexity index is 1940. The number of nitrogens with two attached hydrogens (primary N) is 1. The fourth-order valence-electron chi connectivity index (χ4n) is 7.11. The second-order valence-corrected chi connectivity index (χ2v) is 14.0. The summed E-state index contributed by atoms with van der Waals surface area (Å²) in [5, 5.41) is 23.0. The SMILES string of the molecule is CN(C)c1ccc(-c2cc(NS(=O)(=O)c3ccccc3)c(O)c3c2C[C@H]2C[C@H]4CC(=O)C(C(N)=O)C(=O)[C@@]4(O)C(=O)C2C3=O)cc1. The summed E-state index contributed by atoms with van der Waals surface area (Å²) >= 11 is 0. The number of hydrogen-bond donors (Lipinski definition) is 4. The standard InChI is InChI=1S/C33H31N3O9S/c1-36(2)19-10-8-16(9-11-19)21-15-23(35-46(44,45)20-6-4-3-5-7-20)28(38)26-22(21)13-17-12-18-14-24(37)27(32(34)42)31(41)33(18,43)30(40)25(17)29(26)39/h3-11,15,17-18,25,27,35,38,43H,12-14H2,1-2H3,(H2,34,42)/t17-,18+,25?,27?,33+/m1/s1. The van der Waals surface area contributed by atoms with Crippen molar-refractivity contribution in [3.63, 3.8) is 0 Å². The molecule has 3 aliphatic rings. The van der Waals surface area contributed by atoms with E-state index < -0.39 is 80.5 Å². The van der Waals surface area contributed by atoms with Gasteiger partial charge in [-0.05, 0) is 65.8 Å². The van der Waals surface area contributed by atoms with Gasteiger partial charge in [0.05, 0.1) is 22.1 Å². The number of amides is 1. The van der Waals surface area contributed by atoms with Crippen LogP contribution in [0.2, 0.25) is 0 Å². The second kappa shape index (κ2) is 10.9. The van der Waals surface area contributed by atoms with Crippen molar-refractivity contribution in [3.05, 3.63) is 71.8 Å². The quantitative estimate of drug-likeness (QED) is 0.226. The van der Waals surface area contributed by atoms with Crippen molar-refractivity contribution in [1.29, 1.82) is 0 Å². The van der Waals surface area contributed by atoms with Crippen LogP contribution in [0.4, 0.5) is 11.4 Å². The molecule has 3 aromatic rings. The van der Waals surface area contributed by atoms with Gasteiger partial charge >= 0.3 is 0 Å². The Kier molecular flexibility index (Phi) is 7.36. The molecule has 0 aliphatic heterocycles. The number of benzene rings is 3. The first kappa shape index (κ1) is 31.1. The lowest BCUT2D eigenvalue weighted by molar-refractivity contribution is -0.175. The molecule has 0 heterocycles. The fraction of sp³-hybridized carbons (Fsp3) is 0.303. The number of fused-ring (bicyclic) bond motifs is 3. The van der Waals surface area contributed by atoms with Gasteiger partial charge in [-0.2, -0.15) is 0 Å². The number of anilines is 2. The lowest BCUT2D eigenvalue weighted by Gasteiger charge is -2.48. The van der Waals surface area contributed by atoms with E-state index in [4.69, 9.17) is 5.73 Å². The van der Waals surface area contributed by atoms with Gasteiger partial charge in [-0.1, -0.05) is 30.3 Å². The van der Waals surface area contributed by atoms with Crippen LogP contribution in [0.5, 0.6) is 5.75 Å². The largest absolute Gasteiger partial charge is 0.505 e. The number of carbonyl (C=O) groups is 5. The molecule has 5 N–H and O–H groups in total. The minimum Gasteiger partial charge on any atom is -0.505 e. The Balaban J connectivity index is 1.51. The number of rotatable bonds is 6. The zero-order valence-corrected chi connectivity index (χ0v) is 25.7. The summed E-state index contributed by atoms with van der Waals surface area (Å²) in [6.07, 6.45) is -0.477. The molecule has 12 nitrogen and oxygen atoms in total. The van der Waals surface area contributed by atoms with Gasteiger partial charge in [0.15, 0.2) is 40.4 Å². The van der Waals surface area contributed by atoms with Crippen LogP contribution in [-0.2, 0) is 35.6 Å². The Labute approximate surface area is 264 Å². The smallest absolute Gasteiger partial charge is 0.262 e. The Morgan fingerprint density at radius 1 is 0.978 bits per heavy atom. The number of aliphatic hydroxyl groups is 1. The molecule has 6 rings (SSSR count). The Morgan fingerprint density at radius 2 is 1.63 bits per heavy atom. The van der Waals surface area contributed by atoms with E-state index in [0.717, 1.165) is 5.69 Å². The van der Waals surface area contributed by atoms with Crippen LogP contribution in [0.3, 0.4) is 0 Å². The topological polar surface area (TPSA) is 201 Å². The number of ketones is 4. The number of phenols is 1. The number of hydrogen-bond acceptors (Lipinski definition) is 10. The van der Waals surface area contributed by atoms with Gasteiger partial charge < -0.3 is 20.8 Å². The molecule has 238 valence electrons. The Hall–Kier alpha value is -4.88. The van der Waals surface area contributed by atoms with Gasteiger partial charge in [0.2, 0.25) is 5.91 Å². The summed E-state index contributed by atoms with van der Waals surface area (Å²) in [5.74, 6) is -11.8. The number of aromatic hydroxyl groups is 1. The van der Waals surface area contributed by atoms with Gasteiger partial charge in [0, 0.05) is 32.1 Å². The van der Waals surface area contributed by atoms with Gasteiger partial charge in [-0.25, -0.2) is 8.42 Å². The maximum absolute atomic E-state index is 14.3. The minimum atomic E-state index is -4.24. The molecule has 46 heavy (non-hydrogen) atoms. The third-order valence-electron chi connectivity index (χ3n) is 9.39. The highest BCUT2D eigenvalue weighted by atomic mass is 32.2. The number of nitrogens with zero attached hydrogens (tertiary/aromatic N) is 1. The lowest BCUT2D eigenvalue weighted by atomic mass is 9.53. The molecular weight excluding hydrogens is 614 g/mol. The van der Waals surface area contributed by atoms with E-state index in [0.29, 0.717) is 16.7 Å². The van der Waals surface area contributed by atoms with Crippen molar-refractivity contribution in [2.45, 2.75) is 29.8 Å². The van der Waals surface area contributed by atoms with Crippen molar-refractivity contribution in [2.24, 2.45) is 29.4 Å². The van der Waals surface area contributed by atoms with Crippen LogP contribution >= 0.6 is 0 Å². The predicted molar refractivity (Wildman–Crippen MR) is 166 cm³/mol. The first-order chi connectivity index (χ1) is 21.7. The fourth-order valence-corrected chi connectivity index (χ4v) is 8.19. The number of Topliss-reactive ketones (excluding diaryl/α,β-unsaturated/α-hetero) is 4. The summed E-state index contributed by atoms with van der Waals surface area (Å²) < 4.78 is 29.0. The molecule has 0 spiro atoms. The molecule has 3 aliphatic carbocycles. The average molecular weight is 646 g/mol. The summed E-state index contributed by atoms with van der Waals surface area (Å²) in [6, 6.07) is 16.0. The number of nitrogens with one attached hydrogen (secondary N) is 1. The molecule has 2 fully saturated rings. The van der Waals surface area contributed by atoms with Gasteiger partial charge in [0.1, 0.15) is 0 Å². The summed E-state index contributed by atoms with van der Waals surface area (Å²) in [7, 11) is -0.516. The third kappa shape index (κ3) is 4.69. The van der Waals surface area contributed by atoms with Crippen LogP contribution in [0.1, 0.15) is 28.8 Å². The van der Waals surface area contributed by atoms with Crippen molar-refractivity contribution < 1.29 is 42.6 Å². The molecule has 13 heteroatoms. The van der Waals surface area contributed by atoms with E-state index >= 15 is 0 Å². The lowest BCUT2D eigenvalue weighted by Crippen LogP contribution is -2.68. The zero-order valence-electron chi connectivity index (χ0n) is 24.9. The molecule has 1 amide bonds. The van der Waals surface area contributed by atoms with Gasteiger partial charge in [0.25, 0.3) is 10.0 Å². The molecule has 0 saturated heterocycles. The monoisotopic (exact) mass is 645 g/mol. The predicted octanol–water partition coefficient (Wildman–Crippen LogP) is 1.86. The average Bonchev–Trinajstić information content (AvgIpc) is 3.00. The van der Waals surface area contributed by atoms with Crippen LogP contribution in [0.25, 0.3) is 11.1 Å². The van der Waals surface area contributed by atoms with Crippen molar-refractivity contribution in [2.75, 3.05) is 23.7 Å². The maximum atomic E-state index is 14.3. The van der Waals surface area contributed by atoms with Crippen LogP contribution < -0.4 is 15.4 Å². The van der Waals surface area contributed by atoms with E-state index in [1.165, 1.54) is 30.3 Å². The van der Waals surface area contributed by atoms with Crippen LogP contribution in [0, 0.1) is 23.7 Å². The van der Waals surface area contributed by atoms with Crippen molar-refractivity contribution in [1.82, 2.24) is 0 Å². The highest BCUT2D eigenvalue weighted by molar-refractivity contribution is 7.92. The highest BCUT2D eigenvalue weighted by Crippen LogP contribution is 2.52. The van der Waals surface area contributed by atoms with E-state index in [2.05, 4.69) is 4.72 Å². The van der Waals surface area contributed by atoms with Gasteiger partial charge in [-0.3, -0.25) is 28.7 Å². The number of sulfonamides is 1. The minimum absolute atomic E-state index is 0.0374. The van der Waals surface area contributed by atoms with Crippen molar-refractivity contribution in [3.8, 4) is 16.9 Å².